The minimum Gasteiger partial charge on any atom is -0.349 e. The van der Waals surface area contributed by atoms with E-state index in [0.717, 1.165) is 34.2 Å². The number of allylic oxidation sites excluding steroid dienone is 2. The standard InChI is InChI=1S/C44H34N6/c1-4-15-29(16-5-1)42-46-43(30-17-6-2-7-18-30)48-44(47-42)36-23-14-26-39(45-36)50-38-25-13-11-22-33(38)35-28-27-34-32-21-10-12-24-37(32)49(40(34)41(35)50)31-19-8-3-9-20-31/h1-28,33,38,42,44,47H,(H,46,48). The second kappa shape index (κ2) is 11.7. The van der Waals surface area contributed by atoms with Gasteiger partial charge in [0.25, 0.3) is 0 Å². The van der Waals surface area contributed by atoms with Gasteiger partial charge in [0.15, 0.2) is 0 Å². The predicted octanol–water partition coefficient (Wildman–Crippen LogP) is 9.25. The number of anilines is 2. The van der Waals surface area contributed by atoms with Crippen LogP contribution in [0.4, 0.5) is 11.5 Å². The molecule has 0 radical (unpaired) electrons. The Morgan fingerprint density at radius 1 is 0.620 bits per heavy atom. The van der Waals surface area contributed by atoms with E-state index in [1.165, 1.54) is 33.1 Å². The average Bonchev–Trinajstić information content (AvgIpc) is 3.72. The first-order chi connectivity index (χ1) is 24.8. The number of hydrogen-bond acceptors (Lipinski definition) is 5. The Balaban J connectivity index is 1.14. The van der Waals surface area contributed by atoms with E-state index in [1.54, 1.807) is 0 Å². The lowest BCUT2D eigenvalue weighted by molar-refractivity contribution is 0.402. The third-order valence-electron chi connectivity index (χ3n) is 10.2. The molecule has 6 nitrogen and oxygen atoms in total. The molecule has 0 fully saturated rings. The smallest absolute Gasteiger partial charge is 0.134 e. The highest BCUT2D eigenvalue weighted by atomic mass is 15.3. The lowest BCUT2D eigenvalue weighted by atomic mass is 9.91. The summed E-state index contributed by atoms with van der Waals surface area (Å²) >= 11 is 0. The summed E-state index contributed by atoms with van der Waals surface area (Å²) in [7, 11) is 0. The summed E-state index contributed by atoms with van der Waals surface area (Å²) in [6.45, 7) is 0. The van der Waals surface area contributed by atoms with Crippen LogP contribution in [-0.4, -0.2) is 21.4 Å². The molecule has 2 aromatic heterocycles. The molecule has 0 bridgehead atoms. The number of hydrogen-bond donors (Lipinski definition) is 2. The second-order valence-electron chi connectivity index (χ2n) is 13.1. The van der Waals surface area contributed by atoms with E-state index in [1.807, 2.05) is 12.1 Å². The normalized spacial score (nSPS) is 20.8. The van der Waals surface area contributed by atoms with Crippen molar-refractivity contribution in [1.29, 1.82) is 0 Å². The summed E-state index contributed by atoms with van der Waals surface area (Å²) in [5.74, 6) is 1.96. The molecule has 10 rings (SSSR count). The molecule has 0 saturated heterocycles. The van der Waals surface area contributed by atoms with E-state index in [-0.39, 0.29) is 24.3 Å². The van der Waals surface area contributed by atoms with Gasteiger partial charge in [0.05, 0.1) is 28.5 Å². The number of nitrogens with zero attached hydrogens (tertiary/aromatic N) is 4. The summed E-state index contributed by atoms with van der Waals surface area (Å²) in [6.07, 6.45) is 8.52. The van der Waals surface area contributed by atoms with Crippen molar-refractivity contribution in [3.8, 4) is 5.69 Å². The molecule has 0 amide bonds. The Morgan fingerprint density at radius 3 is 2.20 bits per heavy atom. The van der Waals surface area contributed by atoms with Crippen molar-refractivity contribution in [2.24, 2.45) is 4.99 Å². The molecule has 4 unspecified atom stereocenters. The van der Waals surface area contributed by atoms with Crippen LogP contribution in [-0.2, 0) is 0 Å². The van der Waals surface area contributed by atoms with Crippen LogP contribution in [0, 0.1) is 0 Å². The number of fused-ring (bicyclic) bond motifs is 7. The number of pyridine rings is 1. The lowest BCUT2D eigenvalue weighted by Crippen LogP contribution is -2.45. The first kappa shape index (κ1) is 28.7. The predicted molar refractivity (Wildman–Crippen MR) is 203 cm³/mol. The molecule has 2 N–H and O–H groups in total. The number of amidine groups is 1. The fraction of sp³-hybridized carbons (Fsp3) is 0.0909. The molecule has 3 aliphatic rings. The number of rotatable bonds is 5. The van der Waals surface area contributed by atoms with Crippen LogP contribution < -0.4 is 15.5 Å². The van der Waals surface area contributed by atoms with Crippen molar-refractivity contribution in [2.75, 3.05) is 4.90 Å². The number of para-hydroxylation sites is 2. The first-order valence-corrected chi connectivity index (χ1v) is 17.3. The van der Waals surface area contributed by atoms with Gasteiger partial charge in [-0.05, 0) is 41.5 Å². The Morgan fingerprint density at radius 2 is 1.36 bits per heavy atom. The number of aromatic nitrogens is 2. The Kier molecular flexibility index (Phi) is 6.74. The maximum Gasteiger partial charge on any atom is 0.134 e. The Labute approximate surface area is 290 Å². The van der Waals surface area contributed by atoms with Crippen LogP contribution >= 0.6 is 0 Å². The van der Waals surface area contributed by atoms with Crippen LogP contribution in [0.5, 0.6) is 0 Å². The third kappa shape index (κ3) is 4.60. The maximum atomic E-state index is 5.47. The monoisotopic (exact) mass is 646 g/mol. The van der Waals surface area contributed by atoms with Gasteiger partial charge in [-0.15, -0.1) is 0 Å². The van der Waals surface area contributed by atoms with Gasteiger partial charge >= 0.3 is 0 Å². The molecule has 4 atom stereocenters. The molecule has 5 aromatic carbocycles. The van der Waals surface area contributed by atoms with E-state index in [0.29, 0.717) is 0 Å². The molecule has 2 aliphatic heterocycles. The van der Waals surface area contributed by atoms with Crippen molar-refractivity contribution in [1.82, 2.24) is 20.2 Å². The van der Waals surface area contributed by atoms with Crippen LogP contribution in [0.15, 0.2) is 175 Å². The van der Waals surface area contributed by atoms with Gasteiger partial charge in [-0.1, -0.05) is 140 Å². The molecular formula is C44H34N6. The van der Waals surface area contributed by atoms with Gasteiger partial charge in [0.2, 0.25) is 0 Å². The quantitative estimate of drug-likeness (QED) is 0.196. The zero-order valence-electron chi connectivity index (χ0n) is 27.3. The lowest BCUT2D eigenvalue weighted by Gasteiger charge is -2.33. The molecule has 4 heterocycles. The summed E-state index contributed by atoms with van der Waals surface area (Å²) in [4.78, 5) is 13.0. The van der Waals surface area contributed by atoms with Crippen LogP contribution in [0.3, 0.4) is 0 Å². The highest BCUT2D eigenvalue weighted by Crippen LogP contribution is 2.52. The van der Waals surface area contributed by atoms with Crippen molar-refractivity contribution >= 4 is 39.1 Å². The molecule has 240 valence electrons. The first-order valence-electron chi connectivity index (χ1n) is 17.3. The minimum atomic E-state index is -0.265. The SMILES string of the molecule is C1=CC2c3ccc4c5ccccc5n(-c5ccccc5)c4c3N(c3cccc(C4NC(c5ccccc5)=NC(c5ccccc5)N4)n3)C2C=C1. The van der Waals surface area contributed by atoms with Crippen LogP contribution in [0.1, 0.15) is 40.6 Å². The van der Waals surface area contributed by atoms with Gasteiger partial charge in [-0.2, -0.15) is 0 Å². The maximum absolute atomic E-state index is 5.47. The highest BCUT2D eigenvalue weighted by Gasteiger charge is 2.41. The molecule has 50 heavy (non-hydrogen) atoms. The van der Waals surface area contributed by atoms with Crippen molar-refractivity contribution in [3.63, 3.8) is 0 Å². The molecule has 0 saturated carbocycles. The van der Waals surface area contributed by atoms with Crippen molar-refractivity contribution in [3.05, 3.63) is 192 Å². The Bertz CT molecular complexity index is 2460. The van der Waals surface area contributed by atoms with Crippen LogP contribution in [0.2, 0.25) is 0 Å². The number of benzene rings is 5. The summed E-state index contributed by atoms with van der Waals surface area (Å²) in [5.41, 5.74) is 9.11. The fourth-order valence-corrected chi connectivity index (χ4v) is 7.96. The van der Waals surface area contributed by atoms with E-state index < -0.39 is 0 Å². The largest absolute Gasteiger partial charge is 0.349 e. The number of nitrogens with one attached hydrogen (secondary N) is 2. The highest BCUT2D eigenvalue weighted by molar-refractivity contribution is 6.15. The van der Waals surface area contributed by atoms with Gasteiger partial charge in [0, 0.05) is 27.9 Å². The molecule has 1 aliphatic carbocycles. The van der Waals surface area contributed by atoms with Gasteiger partial charge in [0.1, 0.15) is 24.0 Å². The van der Waals surface area contributed by atoms with Gasteiger partial charge in [-0.3, -0.25) is 5.32 Å². The summed E-state index contributed by atoms with van der Waals surface area (Å²) in [6, 6.07) is 51.3. The van der Waals surface area contributed by atoms with E-state index in [9.17, 15) is 0 Å². The molecule has 6 heteroatoms. The van der Waals surface area contributed by atoms with E-state index in [4.69, 9.17) is 9.98 Å². The van der Waals surface area contributed by atoms with E-state index >= 15 is 0 Å². The summed E-state index contributed by atoms with van der Waals surface area (Å²) in [5, 5.41) is 9.91. The minimum absolute atomic E-state index is 0.0939. The zero-order valence-corrected chi connectivity index (χ0v) is 27.3. The van der Waals surface area contributed by atoms with Gasteiger partial charge in [-0.25, -0.2) is 9.98 Å². The third-order valence-corrected chi connectivity index (χ3v) is 10.2. The second-order valence-corrected chi connectivity index (χ2v) is 13.1. The topological polar surface area (TPSA) is 57.5 Å². The van der Waals surface area contributed by atoms with Crippen molar-refractivity contribution in [2.45, 2.75) is 24.3 Å². The van der Waals surface area contributed by atoms with Crippen molar-refractivity contribution < 1.29 is 0 Å². The average molecular weight is 647 g/mol. The number of aliphatic imine (C=N–C) groups is 1. The van der Waals surface area contributed by atoms with Crippen LogP contribution in [0.25, 0.3) is 27.5 Å². The van der Waals surface area contributed by atoms with E-state index in [2.05, 4.69) is 178 Å². The Hall–Kier alpha value is -6.24. The molecule has 7 aromatic rings. The summed E-state index contributed by atoms with van der Waals surface area (Å²) < 4.78 is 2.43. The molecular weight excluding hydrogens is 613 g/mol. The fourth-order valence-electron chi connectivity index (χ4n) is 7.96. The zero-order chi connectivity index (χ0) is 33.0. The van der Waals surface area contributed by atoms with Gasteiger partial charge < -0.3 is 14.8 Å². The molecule has 0 spiro atoms.